The van der Waals surface area contributed by atoms with E-state index in [1.165, 1.54) is 0 Å². The first-order chi connectivity index (χ1) is 12.2. The van der Waals surface area contributed by atoms with Gasteiger partial charge in [-0.1, -0.05) is 36.4 Å². The molecule has 0 aliphatic rings. The Kier molecular flexibility index (Phi) is 4.23. The molecule has 0 aliphatic carbocycles. The van der Waals surface area contributed by atoms with Crippen molar-refractivity contribution in [1.29, 1.82) is 0 Å². The van der Waals surface area contributed by atoms with E-state index in [9.17, 15) is 4.79 Å². The van der Waals surface area contributed by atoms with Crippen molar-refractivity contribution in [3.8, 4) is 11.4 Å². The van der Waals surface area contributed by atoms with Crippen LogP contribution in [0.3, 0.4) is 0 Å². The number of hydrogen-bond acceptors (Lipinski definition) is 2. The standard InChI is InChI=1S/C20H14IN3O/c21-15-9-3-1-7-13(15)20(25)24-16-10-4-2-8-14(16)19-22-17-11-5-6-12-18(17)23-19/h1-12H,(H,22,23)(H,24,25). The van der Waals surface area contributed by atoms with Gasteiger partial charge in [-0.2, -0.15) is 0 Å². The van der Waals surface area contributed by atoms with Crippen LogP contribution >= 0.6 is 22.6 Å². The Bertz CT molecular complexity index is 1040. The zero-order valence-electron chi connectivity index (χ0n) is 13.2. The zero-order chi connectivity index (χ0) is 17.2. The predicted molar refractivity (Wildman–Crippen MR) is 109 cm³/mol. The van der Waals surface area contributed by atoms with Crippen molar-refractivity contribution in [2.45, 2.75) is 0 Å². The van der Waals surface area contributed by atoms with Gasteiger partial charge in [0.2, 0.25) is 0 Å². The van der Waals surface area contributed by atoms with Gasteiger partial charge in [-0.05, 0) is 59.0 Å². The Morgan fingerprint density at radius 2 is 1.64 bits per heavy atom. The van der Waals surface area contributed by atoms with E-state index < -0.39 is 0 Å². The van der Waals surface area contributed by atoms with Crippen LogP contribution in [0.15, 0.2) is 72.8 Å². The first-order valence-corrected chi connectivity index (χ1v) is 8.90. The Morgan fingerprint density at radius 3 is 2.48 bits per heavy atom. The van der Waals surface area contributed by atoms with Crippen molar-refractivity contribution < 1.29 is 4.79 Å². The van der Waals surface area contributed by atoms with Crippen LogP contribution in [0.25, 0.3) is 22.4 Å². The number of carbonyl (C=O) groups is 1. The number of benzene rings is 3. The lowest BCUT2D eigenvalue weighted by Crippen LogP contribution is -2.14. The molecule has 122 valence electrons. The highest BCUT2D eigenvalue weighted by atomic mass is 127. The molecule has 0 spiro atoms. The Hall–Kier alpha value is -2.67. The van der Waals surface area contributed by atoms with Crippen LogP contribution in [0, 0.1) is 3.57 Å². The summed E-state index contributed by atoms with van der Waals surface area (Å²) in [6.45, 7) is 0. The molecular formula is C20H14IN3O. The van der Waals surface area contributed by atoms with Crippen molar-refractivity contribution in [3.63, 3.8) is 0 Å². The van der Waals surface area contributed by atoms with Crippen LogP contribution in [0.4, 0.5) is 5.69 Å². The van der Waals surface area contributed by atoms with Gasteiger partial charge in [-0.15, -0.1) is 0 Å². The number of halogens is 1. The van der Waals surface area contributed by atoms with Crippen molar-refractivity contribution in [3.05, 3.63) is 81.9 Å². The maximum Gasteiger partial charge on any atom is 0.256 e. The summed E-state index contributed by atoms with van der Waals surface area (Å²) < 4.78 is 0.916. The van der Waals surface area contributed by atoms with Gasteiger partial charge >= 0.3 is 0 Å². The van der Waals surface area contributed by atoms with E-state index in [2.05, 4.69) is 37.9 Å². The summed E-state index contributed by atoms with van der Waals surface area (Å²) in [5.41, 5.74) is 4.11. The second-order valence-corrected chi connectivity index (χ2v) is 6.74. The summed E-state index contributed by atoms with van der Waals surface area (Å²) in [6.07, 6.45) is 0. The molecule has 0 aliphatic heterocycles. The Labute approximate surface area is 158 Å². The predicted octanol–water partition coefficient (Wildman–Crippen LogP) is 5.09. The summed E-state index contributed by atoms with van der Waals surface area (Å²) >= 11 is 2.17. The fraction of sp³-hybridized carbons (Fsp3) is 0. The molecule has 1 heterocycles. The monoisotopic (exact) mass is 439 g/mol. The van der Waals surface area contributed by atoms with Gasteiger partial charge in [-0.25, -0.2) is 4.98 Å². The molecule has 2 N–H and O–H groups in total. The second-order valence-electron chi connectivity index (χ2n) is 5.58. The van der Waals surface area contributed by atoms with Crippen molar-refractivity contribution >= 4 is 45.2 Å². The summed E-state index contributed by atoms with van der Waals surface area (Å²) in [4.78, 5) is 20.6. The Balaban J connectivity index is 1.72. The molecule has 3 aromatic carbocycles. The van der Waals surface area contributed by atoms with E-state index in [1.807, 2.05) is 72.8 Å². The number of nitrogens with one attached hydrogen (secondary N) is 2. The van der Waals surface area contributed by atoms with Crippen LogP contribution in [0.1, 0.15) is 10.4 Å². The number of aromatic amines is 1. The van der Waals surface area contributed by atoms with Crippen LogP contribution < -0.4 is 5.32 Å². The average molecular weight is 439 g/mol. The first-order valence-electron chi connectivity index (χ1n) is 7.82. The van der Waals surface area contributed by atoms with E-state index in [4.69, 9.17) is 0 Å². The van der Waals surface area contributed by atoms with Gasteiger partial charge in [-0.3, -0.25) is 4.79 Å². The lowest BCUT2D eigenvalue weighted by Gasteiger charge is -2.10. The van der Waals surface area contributed by atoms with Crippen LogP contribution in [-0.4, -0.2) is 15.9 Å². The fourth-order valence-corrected chi connectivity index (χ4v) is 3.35. The van der Waals surface area contributed by atoms with Gasteiger partial charge in [0.15, 0.2) is 0 Å². The fourth-order valence-electron chi connectivity index (χ4n) is 2.71. The van der Waals surface area contributed by atoms with Crippen LogP contribution in [-0.2, 0) is 0 Å². The molecule has 4 rings (SSSR count). The SMILES string of the molecule is O=C(Nc1ccccc1-c1nc2ccccc2[nH]1)c1ccccc1I. The third kappa shape index (κ3) is 3.15. The Morgan fingerprint density at radius 1 is 0.920 bits per heavy atom. The lowest BCUT2D eigenvalue weighted by molar-refractivity contribution is 0.102. The summed E-state index contributed by atoms with van der Waals surface area (Å²) in [6, 6.07) is 23.1. The molecule has 0 bridgehead atoms. The summed E-state index contributed by atoms with van der Waals surface area (Å²) in [7, 11) is 0. The topological polar surface area (TPSA) is 57.8 Å². The third-order valence-corrected chi connectivity index (χ3v) is 4.88. The molecule has 0 saturated heterocycles. The molecule has 0 saturated carbocycles. The van der Waals surface area contributed by atoms with Gasteiger partial charge in [0.05, 0.1) is 22.3 Å². The number of carbonyl (C=O) groups excluding carboxylic acids is 1. The quantitative estimate of drug-likeness (QED) is 0.437. The largest absolute Gasteiger partial charge is 0.338 e. The molecule has 0 atom stereocenters. The van der Waals surface area contributed by atoms with Crippen LogP contribution in [0.5, 0.6) is 0 Å². The minimum absolute atomic E-state index is 0.131. The van der Waals surface area contributed by atoms with Gasteiger partial charge in [0.25, 0.3) is 5.91 Å². The molecule has 1 aromatic heterocycles. The number of rotatable bonds is 3. The number of anilines is 1. The third-order valence-electron chi connectivity index (χ3n) is 3.94. The molecule has 25 heavy (non-hydrogen) atoms. The smallest absolute Gasteiger partial charge is 0.256 e. The number of aromatic nitrogens is 2. The summed E-state index contributed by atoms with van der Waals surface area (Å²) in [5, 5.41) is 3.01. The number of amides is 1. The van der Waals surface area contributed by atoms with Gasteiger partial charge < -0.3 is 10.3 Å². The van der Waals surface area contributed by atoms with E-state index in [1.54, 1.807) is 0 Å². The van der Waals surface area contributed by atoms with Crippen molar-refractivity contribution in [2.75, 3.05) is 5.32 Å². The molecule has 5 heteroatoms. The maximum atomic E-state index is 12.6. The van der Waals surface area contributed by atoms with E-state index >= 15 is 0 Å². The average Bonchev–Trinajstić information content (AvgIpc) is 3.06. The van der Waals surface area contributed by atoms with E-state index in [-0.39, 0.29) is 5.91 Å². The van der Waals surface area contributed by atoms with Crippen LogP contribution in [0.2, 0.25) is 0 Å². The number of hydrogen-bond donors (Lipinski definition) is 2. The summed E-state index contributed by atoms with van der Waals surface area (Å²) in [5.74, 6) is 0.605. The highest BCUT2D eigenvalue weighted by Gasteiger charge is 2.14. The number of fused-ring (bicyclic) bond motifs is 1. The van der Waals surface area contributed by atoms with Gasteiger partial charge in [0.1, 0.15) is 5.82 Å². The molecule has 1 amide bonds. The minimum atomic E-state index is -0.131. The molecule has 4 aromatic rings. The molecule has 0 fully saturated rings. The molecule has 0 radical (unpaired) electrons. The maximum absolute atomic E-state index is 12.6. The van der Waals surface area contributed by atoms with E-state index in [0.717, 1.165) is 31.7 Å². The van der Waals surface area contributed by atoms with Gasteiger partial charge in [0, 0.05) is 9.13 Å². The molecule has 4 nitrogen and oxygen atoms in total. The molecule has 0 unspecified atom stereocenters. The van der Waals surface area contributed by atoms with Crippen molar-refractivity contribution in [2.24, 2.45) is 0 Å². The number of imidazole rings is 1. The van der Waals surface area contributed by atoms with E-state index in [0.29, 0.717) is 5.56 Å². The normalized spacial score (nSPS) is 10.8. The minimum Gasteiger partial charge on any atom is -0.338 e. The number of para-hydroxylation sites is 3. The first kappa shape index (κ1) is 15.8. The number of H-pyrrole nitrogens is 1. The van der Waals surface area contributed by atoms with Crippen molar-refractivity contribution in [1.82, 2.24) is 9.97 Å². The highest BCUT2D eigenvalue weighted by molar-refractivity contribution is 14.1. The molecular weight excluding hydrogens is 425 g/mol. The zero-order valence-corrected chi connectivity index (χ0v) is 15.3. The second kappa shape index (κ2) is 6.68. The number of nitrogens with zero attached hydrogens (tertiary/aromatic N) is 1. The highest BCUT2D eigenvalue weighted by Crippen LogP contribution is 2.28. The lowest BCUT2D eigenvalue weighted by atomic mass is 10.1.